The summed E-state index contributed by atoms with van der Waals surface area (Å²) < 4.78 is 0. The first-order chi connectivity index (χ1) is 6.39. The van der Waals surface area contributed by atoms with Crippen molar-refractivity contribution in [2.75, 3.05) is 0 Å². The van der Waals surface area contributed by atoms with Gasteiger partial charge in [-0.15, -0.1) is 0 Å². The van der Waals surface area contributed by atoms with Crippen molar-refractivity contribution in [3.05, 3.63) is 23.8 Å². The minimum absolute atomic E-state index is 0.558. The van der Waals surface area contributed by atoms with Gasteiger partial charge >= 0.3 is 11.9 Å². The lowest BCUT2D eigenvalue weighted by Gasteiger charge is -2.28. The number of carbonyl (C=O) groups is 2. The van der Waals surface area contributed by atoms with Gasteiger partial charge in [0.05, 0.1) is 5.57 Å². The summed E-state index contributed by atoms with van der Waals surface area (Å²) in [5, 5.41) is 35.8. The van der Waals surface area contributed by atoms with Gasteiger partial charge in [0.25, 0.3) is 0 Å². The maximum Gasteiger partial charge on any atom is 0.342 e. The van der Waals surface area contributed by atoms with Crippen LogP contribution in [0.25, 0.3) is 0 Å². The maximum absolute atomic E-state index is 10.6. The Hall–Kier alpha value is -1.66. The van der Waals surface area contributed by atoms with Crippen molar-refractivity contribution in [2.24, 2.45) is 0 Å². The number of rotatable bonds is 2. The van der Waals surface area contributed by atoms with Crippen LogP contribution in [0.2, 0.25) is 0 Å². The predicted molar refractivity (Wildman–Crippen MR) is 43.5 cm³/mol. The van der Waals surface area contributed by atoms with Crippen LogP contribution in [0.1, 0.15) is 0 Å². The van der Waals surface area contributed by atoms with Crippen molar-refractivity contribution in [2.45, 2.75) is 11.7 Å². The van der Waals surface area contributed by atoms with E-state index in [1.807, 2.05) is 0 Å². The zero-order valence-electron chi connectivity index (χ0n) is 6.91. The van der Waals surface area contributed by atoms with Gasteiger partial charge in [-0.3, -0.25) is 0 Å². The highest BCUT2D eigenvalue weighted by Crippen LogP contribution is 2.24. The van der Waals surface area contributed by atoms with E-state index in [-0.39, 0.29) is 0 Å². The van der Waals surface area contributed by atoms with Crippen LogP contribution < -0.4 is 0 Å². The van der Waals surface area contributed by atoms with Crippen LogP contribution in [0.15, 0.2) is 23.8 Å². The molecule has 4 N–H and O–H groups in total. The number of aliphatic hydroxyl groups excluding tert-OH is 1. The van der Waals surface area contributed by atoms with Gasteiger partial charge in [-0.2, -0.15) is 0 Å². The highest BCUT2D eigenvalue weighted by atomic mass is 16.4. The van der Waals surface area contributed by atoms with Gasteiger partial charge in [0.1, 0.15) is 6.10 Å². The molecular weight excluding hydrogens is 192 g/mol. The maximum atomic E-state index is 10.6. The van der Waals surface area contributed by atoms with Crippen molar-refractivity contribution < 1.29 is 30.0 Å². The molecule has 0 aromatic carbocycles. The van der Waals surface area contributed by atoms with E-state index in [1.54, 1.807) is 0 Å². The number of aliphatic hydroxyl groups is 2. The number of carboxylic acid groups (broad SMARTS) is 2. The van der Waals surface area contributed by atoms with Crippen LogP contribution >= 0.6 is 0 Å². The monoisotopic (exact) mass is 200 g/mol. The third kappa shape index (κ3) is 1.40. The number of hydrogen-bond donors (Lipinski definition) is 4. The van der Waals surface area contributed by atoms with E-state index in [0.717, 1.165) is 18.2 Å². The van der Waals surface area contributed by atoms with Gasteiger partial charge in [0.15, 0.2) is 0 Å². The van der Waals surface area contributed by atoms with Gasteiger partial charge in [0.2, 0.25) is 5.60 Å². The molecule has 2 unspecified atom stereocenters. The fourth-order valence-electron chi connectivity index (χ4n) is 1.09. The van der Waals surface area contributed by atoms with Crippen LogP contribution in [0.5, 0.6) is 0 Å². The molecule has 0 amide bonds. The Labute approximate surface area is 78.4 Å². The molecule has 0 heterocycles. The minimum atomic E-state index is -2.57. The fraction of sp³-hybridized carbons (Fsp3) is 0.250. The van der Waals surface area contributed by atoms with E-state index in [2.05, 4.69) is 0 Å². The molecule has 6 nitrogen and oxygen atoms in total. The van der Waals surface area contributed by atoms with Crippen LogP contribution in [-0.2, 0) is 9.59 Å². The number of aliphatic carboxylic acids is 2. The van der Waals surface area contributed by atoms with Crippen molar-refractivity contribution in [3.8, 4) is 0 Å². The Bertz CT molecular complexity index is 342. The molecule has 1 aliphatic carbocycles. The molecule has 0 aliphatic heterocycles. The fourth-order valence-corrected chi connectivity index (χ4v) is 1.09. The first-order valence-corrected chi connectivity index (χ1v) is 3.66. The normalized spacial score (nSPS) is 31.0. The molecule has 14 heavy (non-hydrogen) atoms. The Morgan fingerprint density at radius 3 is 2.36 bits per heavy atom. The Balaban J connectivity index is 3.11. The summed E-state index contributed by atoms with van der Waals surface area (Å²) in [5.74, 6) is -3.17. The highest BCUT2D eigenvalue weighted by molar-refractivity contribution is 5.93. The first-order valence-electron chi connectivity index (χ1n) is 3.66. The molecular formula is C8H8O6. The molecule has 0 fully saturated rings. The molecule has 2 atom stereocenters. The zero-order chi connectivity index (χ0) is 10.9. The van der Waals surface area contributed by atoms with Gasteiger partial charge < -0.3 is 20.4 Å². The lowest BCUT2D eigenvalue weighted by Crippen LogP contribution is -2.51. The molecule has 0 spiro atoms. The molecule has 1 rings (SSSR count). The highest BCUT2D eigenvalue weighted by Gasteiger charge is 2.46. The molecule has 76 valence electrons. The quantitative estimate of drug-likeness (QED) is 0.442. The third-order valence-electron chi connectivity index (χ3n) is 1.93. The second kappa shape index (κ2) is 3.24. The lowest BCUT2D eigenvalue weighted by molar-refractivity contribution is -0.162. The molecule has 0 saturated heterocycles. The minimum Gasteiger partial charge on any atom is -0.479 e. The predicted octanol–water partition coefficient (Wildman–Crippen LogP) is -1.26. The lowest BCUT2D eigenvalue weighted by atomic mass is 9.87. The summed E-state index contributed by atoms with van der Waals surface area (Å²) in [5.41, 5.74) is -3.12. The second-order valence-corrected chi connectivity index (χ2v) is 2.82. The van der Waals surface area contributed by atoms with E-state index >= 15 is 0 Å². The topological polar surface area (TPSA) is 115 Å². The van der Waals surface area contributed by atoms with E-state index < -0.39 is 29.2 Å². The van der Waals surface area contributed by atoms with Gasteiger partial charge in [-0.25, -0.2) is 9.59 Å². The van der Waals surface area contributed by atoms with E-state index in [0.29, 0.717) is 0 Å². The third-order valence-corrected chi connectivity index (χ3v) is 1.93. The van der Waals surface area contributed by atoms with Gasteiger partial charge in [-0.05, 0) is 12.2 Å². The van der Waals surface area contributed by atoms with E-state index in [4.69, 9.17) is 10.2 Å². The van der Waals surface area contributed by atoms with E-state index in [9.17, 15) is 19.8 Å². The largest absolute Gasteiger partial charge is 0.479 e. The first kappa shape index (κ1) is 10.4. The number of allylic oxidation sites excluding steroid dienone is 2. The molecule has 0 aromatic rings. The zero-order valence-corrected chi connectivity index (χ0v) is 6.91. The number of carboxylic acids is 2. The van der Waals surface area contributed by atoms with E-state index in [1.165, 1.54) is 0 Å². The van der Waals surface area contributed by atoms with Crippen LogP contribution in [0.4, 0.5) is 0 Å². The summed E-state index contributed by atoms with van der Waals surface area (Å²) in [7, 11) is 0. The SMILES string of the molecule is O=C(O)C1=CC=CC(O)(C(=O)O)C1O. The van der Waals surface area contributed by atoms with Gasteiger partial charge in [-0.1, -0.05) is 6.08 Å². The number of hydrogen-bond acceptors (Lipinski definition) is 4. The van der Waals surface area contributed by atoms with Crippen LogP contribution in [0.3, 0.4) is 0 Å². The summed E-state index contributed by atoms with van der Waals surface area (Å²) >= 11 is 0. The molecule has 0 bridgehead atoms. The van der Waals surface area contributed by atoms with Crippen molar-refractivity contribution in [3.63, 3.8) is 0 Å². The Morgan fingerprint density at radius 1 is 1.36 bits per heavy atom. The molecule has 0 saturated carbocycles. The Morgan fingerprint density at radius 2 is 1.93 bits per heavy atom. The summed E-state index contributed by atoms with van der Waals surface area (Å²) in [4.78, 5) is 21.1. The molecule has 6 heteroatoms. The van der Waals surface area contributed by atoms with Crippen LogP contribution in [0, 0.1) is 0 Å². The average molecular weight is 200 g/mol. The average Bonchev–Trinajstić information content (AvgIpc) is 2.09. The smallest absolute Gasteiger partial charge is 0.342 e. The van der Waals surface area contributed by atoms with Gasteiger partial charge in [0, 0.05) is 0 Å². The summed E-state index contributed by atoms with van der Waals surface area (Å²) in [6.07, 6.45) is 0.962. The molecule has 0 aromatic heterocycles. The van der Waals surface area contributed by atoms with Crippen LogP contribution in [-0.4, -0.2) is 44.1 Å². The summed E-state index contributed by atoms with van der Waals surface area (Å²) in [6, 6.07) is 0. The van der Waals surface area contributed by atoms with Crippen molar-refractivity contribution >= 4 is 11.9 Å². The Kier molecular flexibility index (Phi) is 2.41. The van der Waals surface area contributed by atoms with Crippen molar-refractivity contribution in [1.82, 2.24) is 0 Å². The second-order valence-electron chi connectivity index (χ2n) is 2.82. The molecule has 0 radical (unpaired) electrons. The molecule has 1 aliphatic rings. The summed E-state index contributed by atoms with van der Waals surface area (Å²) in [6.45, 7) is 0. The standard InChI is InChI=1S/C8H8O6/c9-5-4(6(10)11)2-1-3-8(5,14)7(12)13/h1-3,5,9,14H,(H,10,11)(H,12,13). The van der Waals surface area contributed by atoms with Crippen molar-refractivity contribution in [1.29, 1.82) is 0 Å².